The van der Waals surface area contributed by atoms with Crippen molar-refractivity contribution in [2.24, 2.45) is 5.92 Å². The summed E-state index contributed by atoms with van der Waals surface area (Å²) in [6, 6.07) is 4.60. The molecule has 1 aliphatic heterocycles. The van der Waals surface area contributed by atoms with Crippen LogP contribution in [0.15, 0.2) is 18.3 Å². The Morgan fingerprint density at radius 1 is 1.43 bits per heavy atom. The predicted octanol–water partition coefficient (Wildman–Crippen LogP) is 2.74. The minimum absolute atomic E-state index is 0.229. The Morgan fingerprint density at radius 2 is 2.24 bits per heavy atom. The third-order valence-corrected chi connectivity index (χ3v) is 4.46. The number of hydrogen-bond donors (Lipinski definition) is 2. The molecule has 3 atom stereocenters. The molecule has 0 saturated carbocycles. The molecule has 21 heavy (non-hydrogen) atoms. The van der Waals surface area contributed by atoms with Gasteiger partial charge in [-0.15, -0.1) is 0 Å². The molecule has 2 rings (SSSR count). The molecule has 3 unspecified atom stereocenters. The van der Waals surface area contributed by atoms with E-state index in [1.165, 1.54) is 0 Å². The Bertz CT molecular complexity index is 421. The van der Waals surface area contributed by atoms with Gasteiger partial charge in [-0.1, -0.05) is 20.8 Å². The number of rotatable bonds is 6. The van der Waals surface area contributed by atoms with E-state index in [4.69, 9.17) is 0 Å². The van der Waals surface area contributed by atoms with Crippen molar-refractivity contribution in [1.82, 2.24) is 10.3 Å². The summed E-state index contributed by atoms with van der Waals surface area (Å²) < 4.78 is 0. The van der Waals surface area contributed by atoms with E-state index in [-0.39, 0.29) is 6.10 Å². The number of hydrogen-bond acceptors (Lipinski definition) is 4. The minimum atomic E-state index is -0.229. The highest BCUT2D eigenvalue weighted by atomic mass is 16.3. The average Bonchev–Trinajstić information content (AvgIpc) is 2.51. The summed E-state index contributed by atoms with van der Waals surface area (Å²) in [5, 5.41) is 13.5. The fourth-order valence-corrected chi connectivity index (χ4v) is 2.85. The second-order valence-electron chi connectivity index (χ2n) is 6.14. The maximum Gasteiger partial charge on any atom is 0.0741 e. The first-order chi connectivity index (χ1) is 10.2. The van der Waals surface area contributed by atoms with Crippen molar-refractivity contribution in [2.75, 3.05) is 24.5 Å². The second-order valence-corrected chi connectivity index (χ2v) is 6.14. The molecule has 1 fully saturated rings. The lowest BCUT2D eigenvalue weighted by atomic mass is 9.96. The Labute approximate surface area is 128 Å². The number of aliphatic hydroxyl groups excluding tert-OH is 1. The Hall–Kier alpha value is -1.13. The van der Waals surface area contributed by atoms with E-state index in [0.29, 0.717) is 18.5 Å². The summed E-state index contributed by atoms with van der Waals surface area (Å²) in [6.07, 6.45) is 4.95. The van der Waals surface area contributed by atoms with E-state index < -0.39 is 0 Å². The van der Waals surface area contributed by atoms with E-state index in [9.17, 15) is 5.11 Å². The summed E-state index contributed by atoms with van der Waals surface area (Å²) in [7, 11) is 0. The first kappa shape index (κ1) is 16.2. The standard InChI is InChI=1S/C17H29N3O/c1-4-9-18-15(5-2)16-7-6-14(11-19-16)20-10-8-13(3)17(21)12-20/h6-7,11,13,15,17-18,21H,4-5,8-10,12H2,1-3H3. The molecule has 0 spiro atoms. The fourth-order valence-electron chi connectivity index (χ4n) is 2.85. The molecular formula is C17H29N3O. The van der Waals surface area contributed by atoms with Gasteiger partial charge >= 0.3 is 0 Å². The van der Waals surface area contributed by atoms with Crippen LogP contribution in [0.25, 0.3) is 0 Å². The maximum atomic E-state index is 10.0. The van der Waals surface area contributed by atoms with E-state index in [1.54, 1.807) is 0 Å². The molecule has 118 valence electrons. The number of piperidine rings is 1. The highest BCUT2D eigenvalue weighted by molar-refractivity contribution is 5.45. The van der Waals surface area contributed by atoms with Crippen molar-refractivity contribution >= 4 is 5.69 Å². The number of nitrogens with zero attached hydrogens (tertiary/aromatic N) is 2. The lowest BCUT2D eigenvalue weighted by Crippen LogP contribution is -2.42. The van der Waals surface area contributed by atoms with Gasteiger partial charge in [-0.3, -0.25) is 4.98 Å². The van der Waals surface area contributed by atoms with Crippen molar-refractivity contribution in [3.63, 3.8) is 0 Å². The second kappa shape index (κ2) is 7.76. The molecule has 0 aromatic carbocycles. The number of aliphatic hydroxyl groups is 1. The molecule has 0 bridgehead atoms. The molecule has 4 nitrogen and oxygen atoms in total. The fraction of sp³-hybridized carbons (Fsp3) is 0.706. The summed E-state index contributed by atoms with van der Waals surface area (Å²) in [5.41, 5.74) is 2.23. The molecule has 1 saturated heterocycles. The van der Waals surface area contributed by atoms with Crippen LogP contribution in [0.3, 0.4) is 0 Å². The van der Waals surface area contributed by atoms with E-state index in [1.807, 2.05) is 6.20 Å². The molecule has 0 amide bonds. The zero-order chi connectivity index (χ0) is 15.2. The minimum Gasteiger partial charge on any atom is -0.391 e. The number of β-amino-alcohol motifs (C(OH)–C–C–N with tert-alkyl or cyclic N) is 1. The molecule has 2 N–H and O–H groups in total. The molecule has 1 aromatic heterocycles. The van der Waals surface area contributed by atoms with Gasteiger partial charge in [0.15, 0.2) is 0 Å². The van der Waals surface area contributed by atoms with Gasteiger partial charge in [0.1, 0.15) is 0 Å². The van der Waals surface area contributed by atoms with Crippen LogP contribution < -0.4 is 10.2 Å². The van der Waals surface area contributed by atoms with Crippen LogP contribution in [-0.4, -0.2) is 35.8 Å². The van der Waals surface area contributed by atoms with Crippen molar-refractivity contribution in [3.8, 4) is 0 Å². The largest absolute Gasteiger partial charge is 0.391 e. The number of nitrogens with one attached hydrogen (secondary N) is 1. The summed E-state index contributed by atoms with van der Waals surface area (Å²) in [6.45, 7) is 9.23. The molecular weight excluding hydrogens is 262 g/mol. The monoisotopic (exact) mass is 291 g/mol. The van der Waals surface area contributed by atoms with Crippen molar-refractivity contribution < 1.29 is 5.11 Å². The SMILES string of the molecule is CCCNC(CC)c1ccc(N2CCC(C)C(O)C2)cn1. The lowest BCUT2D eigenvalue weighted by molar-refractivity contribution is 0.103. The van der Waals surface area contributed by atoms with Gasteiger partial charge in [0.05, 0.1) is 23.7 Å². The number of aromatic nitrogens is 1. The van der Waals surface area contributed by atoms with E-state index in [0.717, 1.165) is 43.7 Å². The van der Waals surface area contributed by atoms with Gasteiger partial charge in [-0.05, 0) is 43.9 Å². The van der Waals surface area contributed by atoms with Crippen LogP contribution in [0.5, 0.6) is 0 Å². The smallest absolute Gasteiger partial charge is 0.0741 e. The van der Waals surface area contributed by atoms with Crippen molar-refractivity contribution in [1.29, 1.82) is 0 Å². The summed E-state index contributed by atoms with van der Waals surface area (Å²) in [5.74, 6) is 0.399. The summed E-state index contributed by atoms with van der Waals surface area (Å²) >= 11 is 0. The van der Waals surface area contributed by atoms with E-state index >= 15 is 0 Å². The van der Waals surface area contributed by atoms with Crippen LogP contribution in [0.1, 0.15) is 51.8 Å². The zero-order valence-electron chi connectivity index (χ0n) is 13.5. The van der Waals surface area contributed by atoms with Gasteiger partial charge in [0.2, 0.25) is 0 Å². The zero-order valence-corrected chi connectivity index (χ0v) is 13.5. The highest BCUT2D eigenvalue weighted by Crippen LogP contribution is 2.24. The third-order valence-electron chi connectivity index (χ3n) is 4.46. The summed E-state index contributed by atoms with van der Waals surface area (Å²) in [4.78, 5) is 6.87. The first-order valence-corrected chi connectivity index (χ1v) is 8.28. The quantitative estimate of drug-likeness (QED) is 0.846. The van der Waals surface area contributed by atoms with Crippen molar-refractivity contribution in [3.05, 3.63) is 24.0 Å². The van der Waals surface area contributed by atoms with Crippen LogP contribution >= 0.6 is 0 Å². The molecule has 4 heteroatoms. The molecule has 1 aliphatic rings. The van der Waals surface area contributed by atoms with Crippen LogP contribution in [0, 0.1) is 5.92 Å². The number of pyridine rings is 1. The molecule has 1 aromatic rings. The van der Waals surface area contributed by atoms with Gasteiger partial charge in [-0.2, -0.15) is 0 Å². The van der Waals surface area contributed by atoms with Gasteiger partial charge in [0.25, 0.3) is 0 Å². The van der Waals surface area contributed by atoms with Gasteiger partial charge in [0, 0.05) is 19.1 Å². The Kier molecular flexibility index (Phi) is 6.00. The highest BCUT2D eigenvalue weighted by Gasteiger charge is 2.24. The average molecular weight is 291 g/mol. The number of anilines is 1. The molecule has 0 aliphatic carbocycles. The maximum absolute atomic E-state index is 10.0. The Balaban J connectivity index is 2.01. The van der Waals surface area contributed by atoms with Crippen molar-refractivity contribution in [2.45, 2.75) is 52.2 Å². The van der Waals surface area contributed by atoms with Crippen LogP contribution in [-0.2, 0) is 0 Å². The normalized spacial score (nSPS) is 24.1. The third kappa shape index (κ3) is 4.17. The van der Waals surface area contributed by atoms with Gasteiger partial charge < -0.3 is 15.3 Å². The Morgan fingerprint density at radius 3 is 2.81 bits per heavy atom. The van der Waals surface area contributed by atoms with Crippen LogP contribution in [0.4, 0.5) is 5.69 Å². The van der Waals surface area contributed by atoms with Gasteiger partial charge in [-0.25, -0.2) is 0 Å². The molecule has 2 heterocycles. The van der Waals surface area contributed by atoms with E-state index in [2.05, 4.69) is 48.1 Å². The topological polar surface area (TPSA) is 48.4 Å². The predicted molar refractivity (Wildman–Crippen MR) is 87.6 cm³/mol. The molecule has 0 radical (unpaired) electrons. The first-order valence-electron chi connectivity index (χ1n) is 8.28. The lowest BCUT2D eigenvalue weighted by Gasteiger charge is -2.35. The van der Waals surface area contributed by atoms with Crippen LogP contribution in [0.2, 0.25) is 0 Å².